The molecule has 3 aromatic heterocycles. The fraction of sp³-hybridized carbons (Fsp3) is 0.292. The molecule has 8 nitrogen and oxygen atoms in total. The first kappa shape index (κ1) is 25.7. The maximum Gasteiger partial charge on any atom is 0.422 e. The van der Waals surface area contributed by atoms with Crippen molar-refractivity contribution in [3.63, 3.8) is 0 Å². The van der Waals surface area contributed by atoms with E-state index < -0.39 is 12.8 Å². The number of halogens is 4. The third-order valence-electron chi connectivity index (χ3n) is 5.66. The molecular weight excluding hydrogens is 495 g/mol. The minimum absolute atomic E-state index is 0. The highest BCUT2D eigenvalue weighted by Gasteiger charge is 2.29. The molecule has 1 aromatic carbocycles. The molecule has 0 amide bonds. The molecular formula is C24H25ClF3N7O. The van der Waals surface area contributed by atoms with Crippen molar-refractivity contribution in [1.82, 2.24) is 30.2 Å². The molecule has 0 spiro atoms. The lowest BCUT2D eigenvalue weighted by molar-refractivity contribution is -0.153. The van der Waals surface area contributed by atoms with E-state index in [0.717, 1.165) is 43.8 Å². The molecule has 36 heavy (non-hydrogen) atoms. The molecule has 0 aliphatic carbocycles. The van der Waals surface area contributed by atoms with E-state index in [1.165, 1.54) is 12.4 Å². The average Bonchev–Trinajstić information content (AvgIpc) is 3.25. The van der Waals surface area contributed by atoms with Gasteiger partial charge in [0.1, 0.15) is 11.6 Å². The van der Waals surface area contributed by atoms with Gasteiger partial charge in [-0.25, -0.2) is 9.97 Å². The SMILES string of the molecule is Cl.FC(F)(F)COc1cnccc1-c1ccc2nc(Nc3cc(CN4CCNCC4)ccn3)[nH]c2c1. The van der Waals surface area contributed by atoms with Crippen molar-refractivity contribution in [2.45, 2.75) is 12.7 Å². The molecule has 0 saturated carbocycles. The number of benzene rings is 1. The molecule has 1 fully saturated rings. The fourth-order valence-corrected chi connectivity index (χ4v) is 4.02. The number of hydrogen-bond acceptors (Lipinski definition) is 7. The molecule has 1 saturated heterocycles. The van der Waals surface area contributed by atoms with E-state index in [9.17, 15) is 13.2 Å². The zero-order valence-electron chi connectivity index (χ0n) is 19.2. The van der Waals surface area contributed by atoms with Crippen LogP contribution in [0.2, 0.25) is 0 Å². The number of rotatable bonds is 7. The maximum atomic E-state index is 12.6. The van der Waals surface area contributed by atoms with E-state index in [4.69, 9.17) is 4.74 Å². The second kappa shape index (κ2) is 11.1. The Bertz CT molecular complexity index is 1310. The van der Waals surface area contributed by atoms with Gasteiger partial charge >= 0.3 is 6.18 Å². The van der Waals surface area contributed by atoms with Crippen LogP contribution in [0.1, 0.15) is 5.56 Å². The van der Waals surface area contributed by atoms with Crippen LogP contribution in [0, 0.1) is 0 Å². The minimum Gasteiger partial charge on any atom is -0.482 e. The van der Waals surface area contributed by atoms with Crippen LogP contribution in [0.25, 0.3) is 22.2 Å². The highest BCUT2D eigenvalue weighted by molar-refractivity contribution is 5.85. The van der Waals surface area contributed by atoms with Gasteiger partial charge in [0.25, 0.3) is 0 Å². The lowest BCUT2D eigenvalue weighted by atomic mass is 10.1. The maximum absolute atomic E-state index is 12.6. The van der Waals surface area contributed by atoms with Gasteiger partial charge in [0.15, 0.2) is 6.61 Å². The highest BCUT2D eigenvalue weighted by atomic mass is 35.5. The molecule has 5 rings (SSSR count). The molecule has 1 aliphatic rings. The predicted octanol–water partition coefficient (Wildman–Crippen LogP) is 4.53. The summed E-state index contributed by atoms with van der Waals surface area (Å²) in [5.41, 5.74) is 3.79. The lowest BCUT2D eigenvalue weighted by Gasteiger charge is -2.27. The summed E-state index contributed by atoms with van der Waals surface area (Å²) in [5.74, 6) is 1.26. The summed E-state index contributed by atoms with van der Waals surface area (Å²) in [5, 5.41) is 6.56. The molecule has 4 aromatic rings. The third kappa shape index (κ3) is 6.42. The van der Waals surface area contributed by atoms with E-state index >= 15 is 0 Å². The Morgan fingerprint density at radius 3 is 2.69 bits per heavy atom. The third-order valence-corrected chi connectivity index (χ3v) is 5.66. The van der Waals surface area contributed by atoms with Crippen LogP contribution in [0.5, 0.6) is 5.75 Å². The number of H-pyrrole nitrogens is 1. The summed E-state index contributed by atoms with van der Waals surface area (Å²) < 4.78 is 42.9. The monoisotopic (exact) mass is 519 g/mol. The number of ether oxygens (including phenoxy) is 1. The molecule has 0 bridgehead atoms. The van der Waals surface area contributed by atoms with E-state index in [-0.39, 0.29) is 18.2 Å². The molecule has 4 heterocycles. The van der Waals surface area contributed by atoms with E-state index in [2.05, 4.69) is 35.5 Å². The number of nitrogens with one attached hydrogen (secondary N) is 3. The first-order valence-corrected chi connectivity index (χ1v) is 11.2. The van der Waals surface area contributed by atoms with E-state index in [1.807, 2.05) is 18.2 Å². The van der Waals surface area contributed by atoms with Gasteiger partial charge in [-0.1, -0.05) is 6.07 Å². The van der Waals surface area contributed by atoms with Gasteiger partial charge in [0.2, 0.25) is 5.95 Å². The topological polar surface area (TPSA) is 91.0 Å². The number of alkyl halides is 3. The summed E-state index contributed by atoms with van der Waals surface area (Å²) in [4.78, 5) is 18.5. The van der Waals surface area contributed by atoms with Crippen molar-refractivity contribution in [3.8, 4) is 16.9 Å². The van der Waals surface area contributed by atoms with Gasteiger partial charge in [0.05, 0.1) is 17.2 Å². The number of fused-ring (bicyclic) bond motifs is 1. The average molecular weight is 520 g/mol. The molecule has 0 unspecified atom stereocenters. The van der Waals surface area contributed by atoms with E-state index in [0.29, 0.717) is 28.4 Å². The van der Waals surface area contributed by atoms with Crippen LogP contribution in [-0.2, 0) is 6.54 Å². The molecule has 1 aliphatic heterocycles. The van der Waals surface area contributed by atoms with Crippen molar-refractivity contribution in [1.29, 1.82) is 0 Å². The van der Waals surface area contributed by atoms with Crippen LogP contribution in [0.3, 0.4) is 0 Å². The van der Waals surface area contributed by atoms with Gasteiger partial charge in [-0.15, -0.1) is 12.4 Å². The van der Waals surface area contributed by atoms with Crippen molar-refractivity contribution in [2.24, 2.45) is 0 Å². The minimum atomic E-state index is -4.43. The van der Waals surface area contributed by atoms with Crippen LogP contribution in [0.15, 0.2) is 55.0 Å². The summed E-state index contributed by atoms with van der Waals surface area (Å²) in [6.07, 6.45) is 0.132. The van der Waals surface area contributed by atoms with Crippen LogP contribution in [-0.4, -0.2) is 63.8 Å². The first-order valence-electron chi connectivity index (χ1n) is 11.2. The van der Waals surface area contributed by atoms with Crippen LogP contribution in [0.4, 0.5) is 24.9 Å². The Hall–Kier alpha value is -3.41. The molecule has 190 valence electrons. The number of hydrogen-bond donors (Lipinski definition) is 3. The second-order valence-corrected chi connectivity index (χ2v) is 8.29. The predicted molar refractivity (Wildman–Crippen MR) is 134 cm³/mol. The number of anilines is 2. The second-order valence-electron chi connectivity index (χ2n) is 8.29. The Morgan fingerprint density at radius 2 is 1.89 bits per heavy atom. The number of piperazine rings is 1. The quantitative estimate of drug-likeness (QED) is 0.330. The largest absolute Gasteiger partial charge is 0.482 e. The van der Waals surface area contributed by atoms with Gasteiger partial charge in [-0.3, -0.25) is 9.88 Å². The number of nitrogens with zero attached hydrogens (tertiary/aromatic N) is 4. The zero-order chi connectivity index (χ0) is 24.3. The van der Waals surface area contributed by atoms with E-state index in [1.54, 1.807) is 24.4 Å². The summed E-state index contributed by atoms with van der Waals surface area (Å²) in [6.45, 7) is 3.48. The number of aromatic nitrogens is 4. The van der Waals surface area contributed by atoms with Crippen molar-refractivity contribution in [3.05, 3.63) is 60.6 Å². The molecule has 3 N–H and O–H groups in total. The number of aromatic amines is 1. The molecule has 12 heteroatoms. The first-order chi connectivity index (χ1) is 16.9. The molecule has 0 radical (unpaired) electrons. The Kier molecular flexibility index (Phi) is 7.92. The van der Waals surface area contributed by atoms with Gasteiger partial charge in [-0.2, -0.15) is 13.2 Å². The zero-order valence-corrected chi connectivity index (χ0v) is 20.0. The Balaban J connectivity index is 0.00000304. The summed E-state index contributed by atoms with van der Waals surface area (Å²) in [7, 11) is 0. The fourth-order valence-electron chi connectivity index (χ4n) is 4.02. The van der Waals surface area contributed by atoms with Crippen molar-refractivity contribution >= 4 is 35.2 Å². The Labute approximate surface area is 211 Å². The van der Waals surface area contributed by atoms with Gasteiger partial charge in [0, 0.05) is 50.7 Å². The standard InChI is InChI=1S/C24H24F3N7O.ClH/c25-24(26,27)15-35-21-13-29-5-4-18(21)17-1-2-19-20(12-17)32-23(31-19)33-22-11-16(3-6-30-22)14-34-9-7-28-8-10-34;/h1-6,11-13,28H,7-10,14-15H2,(H2,30,31,32,33);1H. The van der Waals surface area contributed by atoms with Crippen molar-refractivity contribution in [2.75, 3.05) is 38.1 Å². The highest BCUT2D eigenvalue weighted by Crippen LogP contribution is 2.32. The van der Waals surface area contributed by atoms with Crippen molar-refractivity contribution < 1.29 is 17.9 Å². The normalized spacial score (nSPS) is 14.4. The van der Waals surface area contributed by atoms with Gasteiger partial charge in [-0.05, 0) is 41.5 Å². The summed E-state index contributed by atoms with van der Waals surface area (Å²) in [6, 6.07) is 11.0. The van der Waals surface area contributed by atoms with Crippen LogP contribution >= 0.6 is 12.4 Å². The number of imidazole rings is 1. The van der Waals surface area contributed by atoms with Crippen LogP contribution < -0.4 is 15.4 Å². The summed E-state index contributed by atoms with van der Waals surface area (Å²) >= 11 is 0. The Morgan fingerprint density at radius 1 is 1.06 bits per heavy atom. The van der Waals surface area contributed by atoms with Gasteiger partial charge < -0.3 is 20.4 Å². The lowest BCUT2D eigenvalue weighted by Crippen LogP contribution is -2.42. The smallest absolute Gasteiger partial charge is 0.422 e. The number of pyridine rings is 2. The molecule has 0 atom stereocenters.